The monoisotopic (exact) mass is 257 g/mol. The van der Waals surface area contributed by atoms with Crippen LogP contribution in [0.4, 0.5) is 0 Å². The number of nitrogens with zero attached hydrogens (tertiary/aromatic N) is 1. The van der Waals surface area contributed by atoms with Gasteiger partial charge in [0.15, 0.2) is 0 Å². The van der Waals surface area contributed by atoms with Crippen LogP contribution in [-0.2, 0) is 31.0 Å². The van der Waals surface area contributed by atoms with E-state index in [1.807, 2.05) is 41.1 Å². The molecular formula is C10H11NO3S2. The van der Waals surface area contributed by atoms with E-state index in [1.165, 1.54) is 0 Å². The lowest BCUT2D eigenvalue weighted by Crippen LogP contribution is -2.09. The fraction of sp³-hybridized carbons (Fsp3) is 0.200. The summed E-state index contributed by atoms with van der Waals surface area (Å²) in [5.74, 6) is 0. The Hall–Kier alpha value is -0.950. The van der Waals surface area contributed by atoms with Crippen LogP contribution >= 0.6 is 0 Å². The molecule has 0 aliphatic carbocycles. The fourth-order valence-electron chi connectivity index (χ4n) is 1.58. The van der Waals surface area contributed by atoms with E-state index in [4.69, 9.17) is 4.55 Å². The maximum atomic E-state index is 10.7. The van der Waals surface area contributed by atoms with Gasteiger partial charge in [-0.1, -0.05) is 18.2 Å². The van der Waals surface area contributed by atoms with Gasteiger partial charge in [0.1, 0.15) is 0 Å². The zero-order valence-electron chi connectivity index (χ0n) is 8.41. The largest absolute Gasteiger partial charge is 0.345 e. The maximum Gasteiger partial charge on any atom is 0.266 e. The van der Waals surface area contributed by atoms with E-state index >= 15 is 0 Å². The van der Waals surface area contributed by atoms with E-state index in [0.717, 1.165) is 10.9 Å². The second-order valence-electron chi connectivity index (χ2n) is 3.32. The van der Waals surface area contributed by atoms with Crippen LogP contribution in [0.25, 0.3) is 10.9 Å². The Balaban J connectivity index is 2.10. The van der Waals surface area contributed by atoms with E-state index < -0.39 is 9.05 Å². The molecule has 2 aromatic rings. The molecule has 4 nitrogen and oxygen atoms in total. The summed E-state index contributed by atoms with van der Waals surface area (Å²) in [4.78, 5) is 0. The molecule has 1 heterocycles. The number of hydrogen-bond acceptors (Lipinski definition) is 3. The first-order valence-electron chi connectivity index (χ1n) is 4.72. The molecule has 0 amide bonds. The first kappa shape index (κ1) is 11.5. The van der Waals surface area contributed by atoms with E-state index in [9.17, 15) is 4.21 Å². The minimum atomic E-state index is -3.51. The molecule has 0 radical (unpaired) electrons. The third-order valence-electron chi connectivity index (χ3n) is 2.24. The lowest BCUT2D eigenvalue weighted by molar-refractivity contribution is 0.291. The van der Waals surface area contributed by atoms with Crippen LogP contribution in [0.2, 0.25) is 0 Å². The third-order valence-corrected chi connectivity index (χ3v) is 3.00. The summed E-state index contributed by atoms with van der Waals surface area (Å²) in [5, 5.41) is 1.13. The van der Waals surface area contributed by atoms with Crippen molar-refractivity contribution in [2.45, 2.75) is 6.54 Å². The van der Waals surface area contributed by atoms with E-state index in [1.54, 1.807) is 0 Å². The fourth-order valence-corrected chi connectivity index (χ4v) is 2.07. The van der Waals surface area contributed by atoms with Crippen molar-refractivity contribution in [3.8, 4) is 0 Å². The van der Waals surface area contributed by atoms with Gasteiger partial charge in [-0.25, -0.2) is 0 Å². The highest BCUT2D eigenvalue weighted by molar-refractivity contribution is 8.27. The molecule has 86 valence electrons. The molecule has 0 saturated carbocycles. The number of rotatable bonds is 4. The van der Waals surface area contributed by atoms with Crippen LogP contribution in [-0.4, -0.2) is 19.9 Å². The minimum Gasteiger partial charge on any atom is -0.345 e. The Morgan fingerprint density at radius 2 is 2.12 bits per heavy atom. The quantitative estimate of drug-likeness (QED) is 0.907. The lowest BCUT2D eigenvalue weighted by atomic mass is 10.2. The Labute approximate surface area is 98.5 Å². The highest BCUT2D eigenvalue weighted by Gasteiger charge is 2.02. The van der Waals surface area contributed by atoms with Gasteiger partial charge in [-0.2, -0.15) is 4.21 Å². The number of fused-ring (bicyclic) bond motifs is 1. The van der Waals surface area contributed by atoms with Crippen LogP contribution in [0.5, 0.6) is 0 Å². The van der Waals surface area contributed by atoms with Gasteiger partial charge in [0.05, 0.1) is 6.61 Å². The second-order valence-corrected chi connectivity index (χ2v) is 5.67. The molecule has 1 aromatic heterocycles. The van der Waals surface area contributed by atoms with Crippen molar-refractivity contribution in [2.75, 3.05) is 6.61 Å². The average molecular weight is 257 g/mol. The Bertz CT molecular complexity index is 589. The van der Waals surface area contributed by atoms with Crippen molar-refractivity contribution in [3.05, 3.63) is 36.5 Å². The summed E-state index contributed by atoms with van der Waals surface area (Å²) in [7, 11) is -3.51. The van der Waals surface area contributed by atoms with Crippen LogP contribution in [0.15, 0.2) is 36.5 Å². The van der Waals surface area contributed by atoms with Gasteiger partial charge in [-0.3, -0.25) is 8.74 Å². The van der Waals surface area contributed by atoms with Gasteiger partial charge in [0.25, 0.3) is 9.05 Å². The van der Waals surface area contributed by atoms with E-state index in [0.29, 0.717) is 6.54 Å². The van der Waals surface area contributed by atoms with Crippen molar-refractivity contribution in [1.29, 1.82) is 0 Å². The molecule has 1 unspecified atom stereocenters. The Morgan fingerprint density at radius 3 is 2.88 bits per heavy atom. The molecule has 16 heavy (non-hydrogen) atoms. The lowest BCUT2D eigenvalue weighted by Gasteiger charge is -2.05. The number of hydrogen-bond donors (Lipinski definition) is 1. The molecule has 0 bridgehead atoms. The molecule has 0 aliphatic heterocycles. The Morgan fingerprint density at radius 1 is 1.38 bits per heavy atom. The highest BCUT2D eigenvalue weighted by atomic mass is 32.9. The van der Waals surface area contributed by atoms with Crippen molar-refractivity contribution in [2.24, 2.45) is 0 Å². The smallest absolute Gasteiger partial charge is 0.266 e. The normalized spacial score (nSPS) is 15.1. The summed E-state index contributed by atoms with van der Waals surface area (Å²) in [6.07, 6.45) is 1.91. The van der Waals surface area contributed by atoms with Crippen LogP contribution in [0.3, 0.4) is 0 Å². The zero-order valence-corrected chi connectivity index (χ0v) is 10.0. The number of para-hydroxylation sites is 1. The molecule has 2 rings (SSSR count). The topological polar surface area (TPSA) is 51.5 Å². The van der Waals surface area contributed by atoms with Crippen molar-refractivity contribution < 1.29 is 12.9 Å². The summed E-state index contributed by atoms with van der Waals surface area (Å²) < 4.78 is 26.1. The van der Waals surface area contributed by atoms with E-state index in [2.05, 4.69) is 15.4 Å². The molecule has 0 spiro atoms. The number of benzene rings is 1. The second kappa shape index (κ2) is 4.50. The van der Waals surface area contributed by atoms with Gasteiger partial charge in [0.2, 0.25) is 0 Å². The van der Waals surface area contributed by atoms with Crippen LogP contribution in [0, 0.1) is 0 Å². The van der Waals surface area contributed by atoms with Crippen molar-refractivity contribution in [1.82, 2.24) is 4.57 Å². The molecule has 6 heteroatoms. The zero-order chi connectivity index (χ0) is 11.6. The van der Waals surface area contributed by atoms with Gasteiger partial charge in [0, 0.05) is 29.4 Å². The predicted molar refractivity (Wildman–Crippen MR) is 66.0 cm³/mol. The summed E-state index contributed by atoms with van der Waals surface area (Å²) in [5.41, 5.74) is 1.07. The maximum absolute atomic E-state index is 10.7. The molecule has 0 fully saturated rings. The molecule has 1 N–H and O–H groups in total. The van der Waals surface area contributed by atoms with E-state index in [-0.39, 0.29) is 6.61 Å². The molecule has 1 aromatic carbocycles. The molecular weight excluding hydrogens is 246 g/mol. The van der Waals surface area contributed by atoms with Crippen molar-refractivity contribution in [3.63, 3.8) is 0 Å². The number of aromatic nitrogens is 1. The highest BCUT2D eigenvalue weighted by Crippen LogP contribution is 2.14. The first-order chi connectivity index (χ1) is 7.56. The van der Waals surface area contributed by atoms with Gasteiger partial charge >= 0.3 is 0 Å². The SMILES string of the molecule is O=S(O)(=S)OCCn1ccc2ccccc21. The molecule has 1 atom stereocenters. The standard InChI is InChI=1S/C10H11NO3S2/c12-16(13,15)14-8-7-11-6-5-9-3-1-2-4-10(9)11/h1-6H,7-8H2,(H,12,13,15). The summed E-state index contributed by atoms with van der Waals surface area (Å²) >= 11 is 4.23. The molecule has 0 aliphatic rings. The third kappa shape index (κ3) is 2.79. The van der Waals surface area contributed by atoms with Crippen molar-refractivity contribution >= 4 is 31.1 Å². The van der Waals surface area contributed by atoms with Gasteiger partial charge in [-0.15, -0.1) is 0 Å². The van der Waals surface area contributed by atoms with Crippen LogP contribution < -0.4 is 0 Å². The average Bonchev–Trinajstić information content (AvgIpc) is 2.60. The van der Waals surface area contributed by atoms with Gasteiger partial charge < -0.3 is 4.57 Å². The minimum absolute atomic E-state index is 0.123. The molecule has 0 saturated heterocycles. The predicted octanol–water partition coefficient (Wildman–Crippen LogP) is 1.79. The summed E-state index contributed by atoms with van der Waals surface area (Å²) in [6.45, 7) is 0.624. The summed E-state index contributed by atoms with van der Waals surface area (Å²) in [6, 6.07) is 9.89. The first-order valence-corrected chi connectivity index (χ1v) is 7.08. The van der Waals surface area contributed by atoms with Gasteiger partial charge in [-0.05, 0) is 17.5 Å². The Kier molecular flexibility index (Phi) is 3.25. The van der Waals surface area contributed by atoms with Crippen LogP contribution in [0.1, 0.15) is 0 Å².